The lowest BCUT2D eigenvalue weighted by molar-refractivity contribution is -0.118. The molecule has 7 heteroatoms. The Balaban J connectivity index is 0.00000361. The smallest absolute Gasteiger partial charge is 0.254 e. The summed E-state index contributed by atoms with van der Waals surface area (Å²) in [6, 6.07) is 3.24. The van der Waals surface area contributed by atoms with Crippen LogP contribution >= 0.6 is 12.4 Å². The van der Waals surface area contributed by atoms with Gasteiger partial charge in [-0.1, -0.05) is 13.8 Å². The third-order valence-electron chi connectivity index (χ3n) is 2.49. The van der Waals surface area contributed by atoms with E-state index in [1.807, 2.05) is 13.8 Å². The first-order chi connectivity index (χ1) is 8.93. The van der Waals surface area contributed by atoms with Crippen molar-refractivity contribution in [2.45, 2.75) is 20.4 Å². The van der Waals surface area contributed by atoms with Crippen LogP contribution in [0.5, 0.6) is 0 Å². The molecule has 4 N–H and O–H groups in total. The minimum absolute atomic E-state index is 0. The summed E-state index contributed by atoms with van der Waals surface area (Å²) >= 11 is 0. The number of primary amides is 1. The molecule has 1 aromatic heterocycles. The molecule has 0 spiro atoms. The number of hydrogen-bond acceptors (Lipinski definition) is 4. The average Bonchev–Trinajstić information content (AvgIpc) is 2.36. The van der Waals surface area contributed by atoms with Crippen LogP contribution in [0.4, 0.5) is 0 Å². The molecule has 0 radical (unpaired) electrons. The minimum Gasteiger partial charge on any atom is -0.368 e. The molecule has 112 valence electrons. The van der Waals surface area contributed by atoms with Crippen LogP contribution < -0.4 is 11.5 Å². The molecule has 6 nitrogen and oxygen atoms in total. The summed E-state index contributed by atoms with van der Waals surface area (Å²) in [7, 11) is 0. The monoisotopic (exact) mass is 300 g/mol. The van der Waals surface area contributed by atoms with E-state index in [0.29, 0.717) is 17.8 Å². The predicted octanol–water partition coefficient (Wildman–Crippen LogP) is 0.546. The van der Waals surface area contributed by atoms with Crippen LogP contribution in [0.15, 0.2) is 18.3 Å². The van der Waals surface area contributed by atoms with E-state index in [1.54, 1.807) is 12.1 Å². The maximum Gasteiger partial charge on any atom is 0.254 e. The second kappa shape index (κ2) is 8.50. The highest BCUT2D eigenvalue weighted by Gasteiger charge is 2.19. The standard InChI is InChI=1S/C13H20N4O2.ClH/c1-9(2)7-17(8-12(15)18)13(19)10-3-4-16-11(5-10)6-14;/h3-5,9H,6-8,14H2,1-2H3,(H2,15,18);1H. The van der Waals surface area contributed by atoms with Gasteiger partial charge in [0.15, 0.2) is 0 Å². The molecular weight excluding hydrogens is 280 g/mol. The Kier molecular flexibility index (Phi) is 7.79. The first-order valence-electron chi connectivity index (χ1n) is 6.16. The normalized spacial score (nSPS) is 10.0. The number of nitrogens with zero attached hydrogens (tertiary/aromatic N) is 2. The number of halogens is 1. The highest BCUT2D eigenvalue weighted by atomic mass is 35.5. The fraction of sp³-hybridized carbons (Fsp3) is 0.462. The minimum atomic E-state index is -0.526. The lowest BCUT2D eigenvalue weighted by Crippen LogP contribution is -2.40. The van der Waals surface area contributed by atoms with Crippen molar-refractivity contribution in [3.8, 4) is 0 Å². The maximum atomic E-state index is 12.3. The van der Waals surface area contributed by atoms with E-state index in [2.05, 4.69) is 4.98 Å². The van der Waals surface area contributed by atoms with Gasteiger partial charge in [-0.3, -0.25) is 14.6 Å². The molecule has 1 aromatic rings. The van der Waals surface area contributed by atoms with Gasteiger partial charge in [0, 0.05) is 24.8 Å². The fourth-order valence-electron chi connectivity index (χ4n) is 1.75. The second-order valence-corrected chi connectivity index (χ2v) is 4.79. The summed E-state index contributed by atoms with van der Waals surface area (Å²) < 4.78 is 0. The number of pyridine rings is 1. The molecule has 0 aliphatic heterocycles. The van der Waals surface area contributed by atoms with Gasteiger partial charge in [-0.2, -0.15) is 0 Å². The van der Waals surface area contributed by atoms with Gasteiger partial charge in [-0.05, 0) is 18.1 Å². The molecular formula is C13H21ClN4O2. The summed E-state index contributed by atoms with van der Waals surface area (Å²) in [5.41, 5.74) is 11.8. The molecule has 0 saturated carbocycles. The van der Waals surface area contributed by atoms with Gasteiger partial charge < -0.3 is 16.4 Å². The second-order valence-electron chi connectivity index (χ2n) is 4.79. The maximum absolute atomic E-state index is 12.3. The fourth-order valence-corrected chi connectivity index (χ4v) is 1.75. The van der Waals surface area contributed by atoms with E-state index in [1.165, 1.54) is 11.1 Å². The van der Waals surface area contributed by atoms with Gasteiger partial charge in [0.05, 0.1) is 12.2 Å². The van der Waals surface area contributed by atoms with Crippen molar-refractivity contribution in [2.24, 2.45) is 17.4 Å². The Morgan fingerprint density at radius 1 is 1.40 bits per heavy atom. The molecule has 0 aliphatic carbocycles. The molecule has 2 amide bonds. The van der Waals surface area contributed by atoms with Crippen molar-refractivity contribution >= 4 is 24.2 Å². The van der Waals surface area contributed by atoms with E-state index < -0.39 is 5.91 Å². The lowest BCUT2D eigenvalue weighted by atomic mass is 10.1. The lowest BCUT2D eigenvalue weighted by Gasteiger charge is -2.23. The van der Waals surface area contributed by atoms with Crippen LogP contribution in [-0.4, -0.2) is 34.8 Å². The quantitative estimate of drug-likeness (QED) is 0.800. The van der Waals surface area contributed by atoms with Gasteiger partial charge in [0.1, 0.15) is 0 Å². The topological polar surface area (TPSA) is 102 Å². The molecule has 0 fully saturated rings. The Morgan fingerprint density at radius 2 is 2.05 bits per heavy atom. The molecule has 0 unspecified atom stereocenters. The van der Waals surface area contributed by atoms with Crippen molar-refractivity contribution in [1.29, 1.82) is 0 Å². The largest absolute Gasteiger partial charge is 0.368 e. The molecule has 1 heterocycles. The van der Waals surface area contributed by atoms with Gasteiger partial charge in [-0.25, -0.2) is 0 Å². The molecule has 0 bridgehead atoms. The van der Waals surface area contributed by atoms with Crippen LogP contribution in [0.2, 0.25) is 0 Å². The van der Waals surface area contributed by atoms with E-state index in [4.69, 9.17) is 11.5 Å². The molecule has 20 heavy (non-hydrogen) atoms. The van der Waals surface area contributed by atoms with Gasteiger partial charge in [0.2, 0.25) is 5.91 Å². The first kappa shape index (κ1) is 18.3. The van der Waals surface area contributed by atoms with E-state index in [0.717, 1.165) is 0 Å². The first-order valence-corrected chi connectivity index (χ1v) is 6.16. The van der Waals surface area contributed by atoms with Gasteiger partial charge >= 0.3 is 0 Å². The number of carbonyl (C=O) groups excluding carboxylic acids is 2. The zero-order valence-corrected chi connectivity index (χ0v) is 12.5. The van der Waals surface area contributed by atoms with Crippen molar-refractivity contribution in [3.05, 3.63) is 29.6 Å². The van der Waals surface area contributed by atoms with Gasteiger partial charge in [-0.15, -0.1) is 12.4 Å². The number of carbonyl (C=O) groups is 2. The summed E-state index contributed by atoms with van der Waals surface area (Å²) in [5.74, 6) is -0.508. The molecule has 0 aliphatic rings. The highest BCUT2D eigenvalue weighted by molar-refractivity contribution is 5.96. The van der Waals surface area contributed by atoms with Crippen molar-refractivity contribution in [3.63, 3.8) is 0 Å². The molecule has 1 rings (SSSR count). The summed E-state index contributed by atoms with van der Waals surface area (Å²) in [6.07, 6.45) is 1.53. The van der Waals surface area contributed by atoms with Crippen LogP contribution in [0.25, 0.3) is 0 Å². The Morgan fingerprint density at radius 3 is 2.55 bits per heavy atom. The van der Waals surface area contributed by atoms with E-state index in [-0.39, 0.29) is 37.3 Å². The number of amides is 2. The summed E-state index contributed by atoms with van der Waals surface area (Å²) in [6.45, 7) is 4.60. The third kappa shape index (κ3) is 5.54. The van der Waals surface area contributed by atoms with Crippen LogP contribution in [0.1, 0.15) is 29.9 Å². The molecule has 0 aromatic carbocycles. The number of hydrogen-bond donors (Lipinski definition) is 2. The number of nitrogens with two attached hydrogens (primary N) is 2. The number of rotatable bonds is 6. The zero-order valence-electron chi connectivity index (χ0n) is 11.7. The van der Waals surface area contributed by atoms with Crippen LogP contribution in [0, 0.1) is 5.92 Å². The van der Waals surface area contributed by atoms with Crippen molar-refractivity contribution < 1.29 is 9.59 Å². The van der Waals surface area contributed by atoms with E-state index in [9.17, 15) is 9.59 Å². The highest BCUT2D eigenvalue weighted by Crippen LogP contribution is 2.08. The number of aromatic nitrogens is 1. The predicted molar refractivity (Wildman–Crippen MR) is 79.3 cm³/mol. The van der Waals surface area contributed by atoms with Crippen LogP contribution in [0.3, 0.4) is 0 Å². The molecule has 0 atom stereocenters. The van der Waals surface area contributed by atoms with Crippen LogP contribution in [-0.2, 0) is 11.3 Å². The Bertz CT molecular complexity index is 465. The Labute approximate surface area is 124 Å². The summed E-state index contributed by atoms with van der Waals surface area (Å²) in [4.78, 5) is 28.9. The zero-order chi connectivity index (χ0) is 14.4. The third-order valence-corrected chi connectivity index (χ3v) is 2.49. The molecule has 0 saturated heterocycles. The van der Waals surface area contributed by atoms with Gasteiger partial charge in [0.25, 0.3) is 5.91 Å². The van der Waals surface area contributed by atoms with Crippen molar-refractivity contribution in [1.82, 2.24) is 9.88 Å². The Hall–Kier alpha value is -1.66. The average molecular weight is 301 g/mol. The summed E-state index contributed by atoms with van der Waals surface area (Å²) in [5, 5.41) is 0. The van der Waals surface area contributed by atoms with E-state index >= 15 is 0 Å². The van der Waals surface area contributed by atoms with Crippen molar-refractivity contribution in [2.75, 3.05) is 13.1 Å². The SMILES string of the molecule is CC(C)CN(CC(N)=O)C(=O)c1ccnc(CN)c1.Cl.